The lowest BCUT2D eigenvalue weighted by Gasteiger charge is -2.35. The maximum Gasteiger partial charge on any atom is 0.205 e. The van der Waals surface area contributed by atoms with Crippen LogP contribution in [0.25, 0.3) is 0 Å². The van der Waals surface area contributed by atoms with Gasteiger partial charge in [-0.15, -0.1) is 0 Å². The van der Waals surface area contributed by atoms with Crippen LogP contribution < -0.4 is 9.80 Å². The molecular weight excluding hydrogens is 336 g/mol. The van der Waals surface area contributed by atoms with Crippen molar-refractivity contribution in [3.05, 3.63) is 23.4 Å². The van der Waals surface area contributed by atoms with Crippen LogP contribution >= 0.6 is 11.5 Å². The molecule has 0 radical (unpaired) electrons. The molecule has 136 valence electrons. The highest BCUT2D eigenvalue weighted by molar-refractivity contribution is 7.09. The summed E-state index contributed by atoms with van der Waals surface area (Å²) in [7, 11) is 1.70. The molecule has 3 rings (SSSR count). The Morgan fingerprint density at radius 2 is 1.84 bits per heavy atom. The van der Waals surface area contributed by atoms with Gasteiger partial charge in [-0.25, -0.2) is 15.0 Å². The molecule has 1 fully saturated rings. The molecule has 0 saturated carbocycles. The van der Waals surface area contributed by atoms with Gasteiger partial charge >= 0.3 is 0 Å². The minimum Gasteiger partial charge on any atom is -0.384 e. The Bertz CT molecular complexity index is 696. The number of anilines is 2. The first-order valence-corrected chi connectivity index (χ1v) is 9.51. The molecule has 0 spiro atoms. The van der Waals surface area contributed by atoms with Crippen LogP contribution in [0, 0.1) is 6.92 Å². The number of aryl methyl sites for hydroxylation is 1. The second kappa shape index (κ2) is 8.05. The molecule has 1 aliphatic rings. The molecule has 0 amide bonds. The van der Waals surface area contributed by atoms with Crippen molar-refractivity contribution in [1.82, 2.24) is 19.3 Å². The number of nitrogens with zero attached hydrogens (tertiary/aromatic N) is 6. The van der Waals surface area contributed by atoms with Crippen LogP contribution in [0.3, 0.4) is 0 Å². The van der Waals surface area contributed by atoms with Gasteiger partial charge in [0.15, 0.2) is 0 Å². The molecule has 1 saturated heterocycles. The molecule has 25 heavy (non-hydrogen) atoms. The predicted molar refractivity (Wildman–Crippen MR) is 101 cm³/mol. The van der Waals surface area contributed by atoms with Gasteiger partial charge < -0.3 is 14.5 Å². The molecule has 3 heterocycles. The van der Waals surface area contributed by atoms with Gasteiger partial charge in [0.1, 0.15) is 17.5 Å². The summed E-state index contributed by atoms with van der Waals surface area (Å²) in [4.78, 5) is 18.6. The van der Waals surface area contributed by atoms with E-state index in [0.29, 0.717) is 12.5 Å². The third-order valence-corrected chi connectivity index (χ3v) is 5.05. The fourth-order valence-corrected chi connectivity index (χ4v) is 3.55. The Kier molecular flexibility index (Phi) is 5.80. The summed E-state index contributed by atoms with van der Waals surface area (Å²) in [6.07, 6.45) is 0.769. The Balaban J connectivity index is 1.63. The highest BCUT2D eigenvalue weighted by Gasteiger charge is 2.22. The number of hydrogen-bond acceptors (Lipinski definition) is 8. The summed E-state index contributed by atoms with van der Waals surface area (Å²) >= 11 is 1.48. The van der Waals surface area contributed by atoms with E-state index in [2.05, 4.69) is 44.1 Å². The van der Waals surface area contributed by atoms with Crippen LogP contribution in [-0.4, -0.2) is 59.2 Å². The molecule has 0 bridgehead atoms. The molecule has 2 aromatic heterocycles. The predicted octanol–water partition coefficient (Wildman–Crippen LogP) is 2.28. The summed E-state index contributed by atoms with van der Waals surface area (Å²) in [6, 6.07) is 2.08. The van der Waals surface area contributed by atoms with E-state index >= 15 is 0 Å². The topological polar surface area (TPSA) is 67.3 Å². The van der Waals surface area contributed by atoms with Gasteiger partial charge in [0.2, 0.25) is 5.13 Å². The fourth-order valence-electron chi connectivity index (χ4n) is 2.79. The highest BCUT2D eigenvalue weighted by atomic mass is 32.1. The minimum atomic E-state index is 0.340. The summed E-state index contributed by atoms with van der Waals surface area (Å²) in [6.45, 7) is 10.7. The molecule has 2 aromatic rings. The van der Waals surface area contributed by atoms with E-state index in [1.807, 2.05) is 6.92 Å². The monoisotopic (exact) mass is 362 g/mol. The van der Waals surface area contributed by atoms with E-state index in [0.717, 1.165) is 60.9 Å². The average molecular weight is 363 g/mol. The van der Waals surface area contributed by atoms with Crippen molar-refractivity contribution in [2.24, 2.45) is 0 Å². The number of ether oxygens (including phenoxy) is 1. The van der Waals surface area contributed by atoms with Gasteiger partial charge in [0.05, 0.1) is 6.61 Å². The molecule has 0 aromatic carbocycles. The molecule has 0 N–H and O–H groups in total. The number of methoxy groups -OCH3 is 1. The largest absolute Gasteiger partial charge is 0.384 e. The third-order valence-electron chi connectivity index (χ3n) is 4.24. The Hall–Kier alpha value is -1.80. The zero-order valence-corrected chi connectivity index (χ0v) is 16.2. The normalized spacial score (nSPS) is 15.2. The summed E-state index contributed by atoms with van der Waals surface area (Å²) in [5.41, 5.74) is 1.03. The van der Waals surface area contributed by atoms with Gasteiger partial charge in [-0.05, 0) is 6.92 Å². The number of aromatic nitrogens is 4. The van der Waals surface area contributed by atoms with E-state index in [9.17, 15) is 0 Å². The van der Waals surface area contributed by atoms with Crippen LogP contribution in [-0.2, 0) is 11.2 Å². The van der Waals surface area contributed by atoms with Crippen molar-refractivity contribution < 1.29 is 4.74 Å². The van der Waals surface area contributed by atoms with Gasteiger partial charge in [-0.2, -0.15) is 4.37 Å². The summed E-state index contributed by atoms with van der Waals surface area (Å²) in [5, 5.41) is 1.01. The van der Waals surface area contributed by atoms with E-state index in [1.54, 1.807) is 7.11 Å². The van der Waals surface area contributed by atoms with Crippen molar-refractivity contribution in [3.8, 4) is 0 Å². The smallest absolute Gasteiger partial charge is 0.205 e. The molecule has 0 unspecified atom stereocenters. The highest BCUT2D eigenvalue weighted by Crippen LogP contribution is 2.22. The first-order chi connectivity index (χ1) is 12.1. The Morgan fingerprint density at radius 3 is 2.52 bits per heavy atom. The van der Waals surface area contributed by atoms with Gasteiger partial charge in [-0.1, -0.05) is 13.8 Å². The average Bonchev–Trinajstić information content (AvgIpc) is 3.08. The quantitative estimate of drug-likeness (QED) is 0.781. The minimum absolute atomic E-state index is 0.340. The van der Waals surface area contributed by atoms with Gasteiger partial charge in [0.25, 0.3) is 0 Å². The van der Waals surface area contributed by atoms with Crippen molar-refractivity contribution in [1.29, 1.82) is 0 Å². The lowest BCUT2D eigenvalue weighted by Crippen LogP contribution is -2.47. The Labute approximate surface area is 153 Å². The summed E-state index contributed by atoms with van der Waals surface area (Å²) in [5.74, 6) is 3.17. The van der Waals surface area contributed by atoms with E-state index in [4.69, 9.17) is 9.72 Å². The first-order valence-electron chi connectivity index (χ1n) is 8.74. The van der Waals surface area contributed by atoms with Crippen molar-refractivity contribution in [2.45, 2.75) is 33.1 Å². The van der Waals surface area contributed by atoms with E-state index in [-0.39, 0.29) is 0 Å². The van der Waals surface area contributed by atoms with Crippen LogP contribution in [0.4, 0.5) is 10.9 Å². The maximum atomic E-state index is 5.09. The zero-order chi connectivity index (χ0) is 17.8. The molecular formula is C17H26N6OS. The van der Waals surface area contributed by atoms with Gasteiger partial charge in [0, 0.05) is 68.9 Å². The van der Waals surface area contributed by atoms with E-state index in [1.165, 1.54) is 11.5 Å². The first kappa shape index (κ1) is 18.0. The zero-order valence-electron chi connectivity index (χ0n) is 15.4. The lowest BCUT2D eigenvalue weighted by atomic mass is 10.2. The molecule has 1 aliphatic heterocycles. The van der Waals surface area contributed by atoms with Crippen molar-refractivity contribution >= 4 is 22.5 Å². The molecule has 0 atom stereocenters. The van der Waals surface area contributed by atoms with Crippen molar-refractivity contribution in [3.63, 3.8) is 0 Å². The van der Waals surface area contributed by atoms with Crippen LogP contribution in [0.15, 0.2) is 6.07 Å². The number of piperazine rings is 1. The second-order valence-electron chi connectivity index (χ2n) is 6.59. The van der Waals surface area contributed by atoms with Crippen molar-refractivity contribution in [2.75, 3.05) is 49.7 Å². The number of hydrogen-bond donors (Lipinski definition) is 0. The Morgan fingerprint density at radius 1 is 1.12 bits per heavy atom. The van der Waals surface area contributed by atoms with Crippen LogP contribution in [0.2, 0.25) is 0 Å². The molecule has 7 nitrogen and oxygen atoms in total. The third kappa shape index (κ3) is 4.43. The fraction of sp³-hybridized carbons (Fsp3) is 0.647. The summed E-state index contributed by atoms with van der Waals surface area (Å²) < 4.78 is 9.52. The van der Waals surface area contributed by atoms with Gasteiger partial charge in [-0.3, -0.25) is 0 Å². The SMILES string of the molecule is COCCc1nsc(N2CCN(c3cc(C)nc(C(C)C)n3)CC2)n1. The second-order valence-corrected chi connectivity index (χ2v) is 7.32. The van der Waals surface area contributed by atoms with E-state index < -0.39 is 0 Å². The standard InChI is InChI=1S/C17H26N6OS/c1-12(2)16-18-13(3)11-15(20-16)22-6-8-23(9-7-22)17-19-14(21-25-17)5-10-24-4/h11-12H,5-10H2,1-4H3. The number of rotatable bonds is 6. The molecule has 0 aliphatic carbocycles. The maximum absolute atomic E-state index is 5.09. The van der Waals surface area contributed by atoms with Crippen LogP contribution in [0.5, 0.6) is 0 Å². The lowest BCUT2D eigenvalue weighted by molar-refractivity contribution is 0.201. The molecule has 8 heteroatoms. The van der Waals surface area contributed by atoms with Crippen LogP contribution in [0.1, 0.15) is 37.1 Å².